The minimum Gasteiger partial charge on any atom is -0.305 e. The third-order valence-electron chi connectivity index (χ3n) is 2.01. The summed E-state index contributed by atoms with van der Waals surface area (Å²) in [6.45, 7) is 2.29. The number of nitrogens with one attached hydrogen (secondary N) is 1. The summed E-state index contributed by atoms with van der Waals surface area (Å²) >= 11 is 0. The summed E-state index contributed by atoms with van der Waals surface area (Å²) < 4.78 is 38.5. The molecule has 0 radical (unpaired) electrons. The van der Waals surface area contributed by atoms with E-state index in [1.54, 1.807) is 0 Å². The second-order valence-corrected chi connectivity index (χ2v) is 3.16. The van der Waals surface area contributed by atoms with E-state index in [0.29, 0.717) is 6.54 Å². The molecule has 1 atom stereocenters. The first-order valence-electron chi connectivity index (χ1n) is 4.77. The molecule has 0 bridgehead atoms. The van der Waals surface area contributed by atoms with Gasteiger partial charge in [-0.05, 0) is 19.0 Å². The van der Waals surface area contributed by atoms with Crippen molar-refractivity contribution in [3.8, 4) is 0 Å². The maximum atomic E-state index is 13.2. The molecule has 1 heterocycles. The number of pyridine rings is 1. The molecule has 0 saturated carbocycles. The molecule has 1 aromatic heterocycles. The van der Waals surface area contributed by atoms with Crippen molar-refractivity contribution >= 4 is 0 Å². The molecular weight excluding hydrogens is 205 g/mol. The van der Waals surface area contributed by atoms with Crippen LogP contribution in [-0.4, -0.2) is 18.0 Å². The second-order valence-electron chi connectivity index (χ2n) is 3.16. The van der Waals surface area contributed by atoms with Gasteiger partial charge in [0.25, 0.3) is 6.43 Å². The van der Waals surface area contributed by atoms with Gasteiger partial charge in [0, 0.05) is 11.8 Å². The van der Waals surface area contributed by atoms with Crippen LogP contribution >= 0.6 is 0 Å². The third-order valence-corrected chi connectivity index (χ3v) is 2.01. The van der Waals surface area contributed by atoms with E-state index >= 15 is 0 Å². The summed E-state index contributed by atoms with van der Waals surface area (Å²) in [4.78, 5) is 3.52. The SMILES string of the molecule is CCCNC(c1ccncc1F)C(F)F. The number of rotatable bonds is 5. The molecule has 15 heavy (non-hydrogen) atoms. The minimum atomic E-state index is -2.63. The van der Waals surface area contributed by atoms with Crippen LogP contribution in [0.5, 0.6) is 0 Å². The summed E-state index contributed by atoms with van der Waals surface area (Å²) in [7, 11) is 0. The first kappa shape index (κ1) is 12.0. The van der Waals surface area contributed by atoms with Gasteiger partial charge in [-0.25, -0.2) is 13.2 Å². The summed E-state index contributed by atoms with van der Waals surface area (Å²) in [5.41, 5.74) is -0.0338. The zero-order valence-electron chi connectivity index (χ0n) is 8.38. The average Bonchev–Trinajstić information content (AvgIpc) is 2.20. The molecule has 84 valence electrons. The number of alkyl halides is 2. The molecule has 0 aliphatic rings. The molecule has 0 aliphatic heterocycles. The van der Waals surface area contributed by atoms with Crippen LogP contribution in [0.4, 0.5) is 13.2 Å². The molecule has 2 nitrogen and oxygen atoms in total. The van der Waals surface area contributed by atoms with E-state index in [2.05, 4.69) is 10.3 Å². The second kappa shape index (κ2) is 5.70. The van der Waals surface area contributed by atoms with Crippen LogP contribution in [0, 0.1) is 5.82 Å². The van der Waals surface area contributed by atoms with Crippen LogP contribution in [-0.2, 0) is 0 Å². The number of aromatic nitrogens is 1. The Bertz CT molecular complexity index is 304. The highest BCUT2D eigenvalue weighted by Gasteiger charge is 2.24. The van der Waals surface area contributed by atoms with Gasteiger partial charge in [-0.2, -0.15) is 0 Å². The molecule has 1 unspecified atom stereocenters. The lowest BCUT2D eigenvalue weighted by Crippen LogP contribution is -2.28. The predicted molar refractivity (Wildman–Crippen MR) is 51.2 cm³/mol. The zero-order valence-corrected chi connectivity index (χ0v) is 8.38. The summed E-state index contributed by atoms with van der Waals surface area (Å²) in [5.74, 6) is -0.702. The normalized spacial score (nSPS) is 13.1. The fraction of sp³-hybridized carbons (Fsp3) is 0.500. The highest BCUT2D eigenvalue weighted by molar-refractivity contribution is 5.18. The quantitative estimate of drug-likeness (QED) is 0.821. The molecule has 5 heteroatoms. The van der Waals surface area contributed by atoms with Crippen LogP contribution in [0.15, 0.2) is 18.5 Å². The lowest BCUT2D eigenvalue weighted by atomic mass is 10.1. The Morgan fingerprint density at radius 3 is 2.73 bits per heavy atom. The van der Waals surface area contributed by atoms with Crippen LogP contribution in [0.25, 0.3) is 0 Å². The Balaban J connectivity index is 2.84. The Morgan fingerprint density at radius 1 is 1.47 bits per heavy atom. The van der Waals surface area contributed by atoms with Gasteiger partial charge in [0.2, 0.25) is 0 Å². The van der Waals surface area contributed by atoms with Crippen molar-refractivity contribution in [3.63, 3.8) is 0 Å². The first-order valence-corrected chi connectivity index (χ1v) is 4.77. The lowest BCUT2D eigenvalue weighted by Gasteiger charge is -2.18. The molecule has 1 rings (SSSR count). The van der Waals surface area contributed by atoms with Crippen LogP contribution in [0.1, 0.15) is 24.9 Å². The van der Waals surface area contributed by atoms with Gasteiger partial charge < -0.3 is 5.32 Å². The van der Waals surface area contributed by atoms with Crippen LogP contribution in [0.3, 0.4) is 0 Å². The minimum absolute atomic E-state index is 0.0338. The molecule has 0 amide bonds. The largest absolute Gasteiger partial charge is 0.305 e. The standard InChI is InChI=1S/C10H13F3N2/c1-2-4-15-9(10(12)13)7-3-5-14-6-8(7)11/h3,5-6,9-10,15H,2,4H2,1H3. The van der Waals surface area contributed by atoms with Crippen molar-refractivity contribution in [2.45, 2.75) is 25.8 Å². The Labute approximate surface area is 86.5 Å². The van der Waals surface area contributed by atoms with Gasteiger partial charge in [-0.15, -0.1) is 0 Å². The number of halogens is 3. The summed E-state index contributed by atoms with van der Waals surface area (Å²) in [6, 6.07) is 0.0161. The third kappa shape index (κ3) is 3.20. The molecule has 0 aliphatic carbocycles. The summed E-state index contributed by atoms with van der Waals surface area (Å²) in [6.07, 6.45) is 0.337. The van der Waals surface area contributed by atoms with Gasteiger partial charge in [0.1, 0.15) is 5.82 Å². The fourth-order valence-electron chi connectivity index (χ4n) is 1.27. The molecule has 0 fully saturated rings. The van der Waals surface area contributed by atoms with Gasteiger partial charge in [-0.1, -0.05) is 6.92 Å². The monoisotopic (exact) mass is 218 g/mol. The predicted octanol–water partition coefficient (Wildman–Crippen LogP) is 2.53. The van der Waals surface area contributed by atoms with E-state index < -0.39 is 18.3 Å². The number of hydrogen-bond acceptors (Lipinski definition) is 2. The van der Waals surface area contributed by atoms with Crippen molar-refractivity contribution in [1.29, 1.82) is 0 Å². The van der Waals surface area contributed by atoms with E-state index in [4.69, 9.17) is 0 Å². The van der Waals surface area contributed by atoms with E-state index in [9.17, 15) is 13.2 Å². The van der Waals surface area contributed by atoms with Gasteiger partial charge >= 0.3 is 0 Å². The molecule has 0 aromatic carbocycles. The fourth-order valence-corrected chi connectivity index (χ4v) is 1.27. The van der Waals surface area contributed by atoms with Gasteiger partial charge in [0.05, 0.1) is 12.2 Å². The highest BCUT2D eigenvalue weighted by Crippen LogP contribution is 2.22. The molecule has 0 saturated heterocycles. The lowest BCUT2D eigenvalue weighted by molar-refractivity contribution is 0.0967. The zero-order chi connectivity index (χ0) is 11.3. The Kier molecular flexibility index (Phi) is 4.55. The van der Waals surface area contributed by atoms with Gasteiger partial charge in [0.15, 0.2) is 0 Å². The topological polar surface area (TPSA) is 24.9 Å². The molecule has 1 aromatic rings. The van der Waals surface area contributed by atoms with E-state index in [-0.39, 0.29) is 5.56 Å². The van der Waals surface area contributed by atoms with Crippen molar-refractivity contribution in [2.75, 3.05) is 6.54 Å². The van der Waals surface area contributed by atoms with Crippen molar-refractivity contribution in [1.82, 2.24) is 10.3 Å². The van der Waals surface area contributed by atoms with Gasteiger partial charge in [-0.3, -0.25) is 4.98 Å². The Hall–Kier alpha value is -1.10. The van der Waals surface area contributed by atoms with E-state index in [0.717, 1.165) is 12.6 Å². The molecular formula is C10H13F3N2. The van der Waals surface area contributed by atoms with E-state index in [1.165, 1.54) is 12.3 Å². The summed E-state index contributed by atoms with van der Waals surface area (Å²) in [5, 5.41) is 2.61. The van der Waals surface area contributed by atoms with E-state index in [1.807, 2.05) is 6.92 Å². The molecule has 1 N–H and O–H groups in total. The average molecular weight is 218 g/mol. The molecule has 0 spiro atoms. The van der Waals surface area contributed by atoms with Crippen LogP contribution < -0.4 is 5.32 Å². The van der Waals surface area contributed by atoms with Crippen molar-refractivity contribution < 1.29 is 13.2 Å². The van der Waals surface area contributed by atoms with Crippen molar-refractivity contribution in [3.05, 3.63) is 29.8 Å². The van der Waals surface area contributed by atoms with Crippen LogP contribution in [0.2, 0.25) is 0 Å². The number of nitrogens with zero attached hydrogens (tertiary/aromatic N) is 1. The highest BCUT2D eigenvalue weighted by atomic mass is 19.3. The first-order chi connectivity index (χ1) is 7.16. The van der Waals surface area contributed by atoms with Crippen molar-refractivity contribution in [2.24, 2.45) is 0 Å². The number of hydrogen-bond donors (Lipinski definition) is 1. The maximum Gasteiger partial charge on any atom is 0.257 e. The maximum absolute atomic E-state index is 13.2. The smallest absolute Gasteiger partial charge is 0.257 e. The Morgan fingerprint density at radius 2 is 2.20 bits per heavy atom.